The van der Waals surface area contributed by atoms with Gasteiger partial charge in [0.2, 0.25) is 5.91 Å². The summed E-state index contributed by atoms with van der Waals surface area (Å²) < 4.78 is 57.5. The molecular formula is C36H47F2N6O7PS. The van der Waals surface area contributed by atoms with Crippen molar-refractivity contribution in [1.29, 1.82) is 0 Å². The summed E-state index contributed by atoms with van der Waals surface area (Å²) in [7, 11) is -3.28. The number of phosphoric ester groups is 1. The van der Waals surface area contributed by atoms with Crippen LogP contribution in [-0.2, 0) is 20.3 Å². The fourth-order valence-corrected chi connectivity index (χ4v) is 9.44. The molecule has 0 radical (unpaired) electrons. The molecule has 1 fully saturated rings. The number of aromatic nitrogens is 3. The quantitative estimate of drug-likeness (QED) is 0.0738. The minimum absolute atomic E-state index is 0.0953. The van der Waals surface area contributed by atoms with Crippen LogP contribution in [0, 0.1) is 22.5 Å². The number of benzene rings is 2. The van der Waals surface area contributed by atoms with Gasteiger partial charge in [-0.15, -0.1) is 11.3 Å². The van der Waals surface area contributed by atoms with Crippen LogP contribution < -0.4 is 20.1 Å². The molecule has 1 amide bonds. The van der Waals surface area contributed by atoms with Crippen LogP contribution in [0.2, 0.25) is 0 Å². The van der Waals surface area contributed by atoms with Crippen LogP contribution in [0.1, 0.15) is 65.7 Å². The maximum atomic E-state index is 14.0. The van der Waals surface area contributed by atoms with E-state index in [1.165, 1.54) is 31.0 Å². The Bertz CT molecular complexity index is 1970. The molecule has 13 nitrogen and oxygen atoms in total. The number of thiazole rings is 1. The van der Waals surface area contributed by atoms with Gasteiger partial charge in [0.15, 0.2) is 16.6 Å². The van der Waals surface area contributed by atoms with E-state index in [-0.39, 0.29) is 18.2 Å². The zero-order valence-electron chi connectivity index (χ0n) is 30.9. The lowest BCUT2D eigenvalue weighted by Crippen LogP contribution is -2.65. The number of anilines is 3. The molecule has 0 spiro atoms. The Morgan fingerprint density at radius 3 is 2.47 bits per heavy atom. The maximum Gasteiger partial charge on any atom is 0.470 e. The van der Waals surface area contributed by atoms with E-state index in [9.17, 15) is 27.9 Å². The number of hydrogen-bond acceptors (Lipinski definition) is 11. The molecule has 2 aromatic heterocycles. The fraction of sp³-hybridized carbons (Fsp3) is 0.500. The molecule has 17 heteroatoms. The zero-order chi connectivity index (χ0) is 38.8. The Hall–Kier alpha value is -3.79. The number of rotatable bonds is 14. The first-order valence-corrected chi connectivity index (χ1v) is 19.6. The molecule has 53 heavy (non-hydrogen) atoms. The highest BCUT2D eigenvalue weighted by atomic mass is 32.1. The summed E-state index contributed by atoms with van der Waals surface area (Å²) in [5.41, 5.74) is -1.97. The number of methoxy groups -OCH3 is 1. The van der Waals surface area contributed by atoms with Crippen molar-refractivity contribution in [3.63, 3.8) is 0 Å². The summed E-state index contributed by atoms with van der Waals surface area (Å²) in [5, 5.41) is 6.64. The predicted molar refractivity (Wildman–Crippen MR) is 200 cm³/mol. The van der Waals surface area contributed by atoms with Gasteiger partial charge in [0.05, 0.1) is 31.3 Å². The second-order valence-corrected chi connectivity index (χ2v) is 17.3. The number of halogens is 2. The van der Waals surface area contributed by atoms with E-state index < -0.39 is 41.8 Å². The fourth-order valence-electron chi connectivity index (χ4n) is 7.58. The molecular weight excluding hydrogens is 729 g/mol. The van der Waals surface area contributed by atoms with E-state index in [1.807, 2.05) is 41.5 Å². The molecule has 3 heterocycles. The number of hydrogen-bond donors (Lipinski definition) is 4. The topological polar surface area (TPSA) is 168 Å². The highest BCUT2D eigenvalue weighted by molar-refractivity contribution is 7.46. The van der Waals surface area contributed by atoms with Crippen LogP contribution in [0.5, 0.6) is 11.5 Å². The number of phosphoric acid groups is 1. The van der Waals surface area contributed by atoms with Crippen molar-refractivity contribution >= 4 is 52.6 Å². The van der Waals surface area contributed by atoms with Crippen molar-refractivity contribution in [2.75, 3.05) is 37.4 Å². The molecule has 0 unspecified atom stereocenters. The highest BCUT2D eigenvalue weighted by Gasteiger charge is 2.61. The molecule has 1 saturated heterocycles. The van der Waals surface area contributed by atoms with Gasteiger partial charge in [-0.2, -0.15) is 0 Å². The van der Waals surface area contributed by atoms with Gasteiger partial charge in [0.1, 0.15) is 29.4 Å². The first-order valence-electron chi connectivity index (χ1n) is 17.2. The normalized spacial score (nSPS) is 15.9. The van der Waals surface area contributed by atoms with Crippen LogP contribution in [-0.4, -0.2) is 74.0 Å². The number of nitrogens with zero attached hydrogens (tertiary/aromatic N) is 4. The summed E-state index contributed by atoms with van der Waals surface area (Å²) in [5.74, 6) is -0.520. The predicted octanol–water partition coefficient (Wildman–Crippen LogP) is 7.47. The Morgan fingerprint density at radius 1 is 1.06 bits per heavy atom. The van der Waals surface area contributed by atoms with Crippen molar-refractivity contribution in [3.8, 4) is 11.5 Å². The molecule has 1 atom stereocenters. The van der Waals surface area contributed by atoms with E-state index in [0.29, 0.717) is 57.8 Å². The monoisotopic (exact) mass is 776 g/mol. The lowest BCUT2D eigenvalue weighted by atomic mass is 9.58. The molecule has 2 aromatic carbocycles. The standard InChI is InChI=1S/C36H47F2N6O7PS/c1-34(2,3)36(35(4,5)6,51-52(46,47)48)30-10-8-13-44(30)14-9-15-50-29-19-26-24(18-28(29)49-7)32(41-21-40-26)43-33-39-20-23(53-33)17-31(45)42-27-16-22(37)11-12-25(27)38/h11-12,16,18-21,30H,8-10,13-15,17H2,1-7H3,(H,42,45)(H2,46,47,48)(H,39,40,41,43)/t30-/m0/s1. The van der Waals surface area contributed by atoms with E-state index in [4.69, 9.17) is 14.0 Å². The number of carbonyl (C=O) groups is 1. The third-order valence-electron chi connectivity index (χ3n) is 9.41. The zero-order valence-corrected chi connectivity index (χ0v) is 32.6. The van der Waals surface area contributed by atoms with Gasteiger partial charge in [-0.3, -0.25) is 14.2 Å². The lowest BCUT2D eigenvalue weighted by Gasteiger charge is -2.57. The SMILES string of the molecule is COc1cc2c(Nc3ncc(CC(=O)Nc4cc(F)ccc4F)s3)ncnc2cc1OCCCN1CCC[C@H]1C(OP(=O)(O)O)(C(C)(C)C)C(C)(C)C. The van der Waals surface area contributed by atoms with Crippen LogP contribution in [0.3, 0.4) is 0 Å². The molecule has 0 saturated carbocycles. The molecule has 0 bridgehead atoms. The van der Waals surface area contributed by atoms with Crippen molar-refractivity contribution in [2.45, 2.75) is 78.9 Å². The number of likely N-dealkylation sites (tertiary alicyclic amines) is 1. The molecule has 4 aromatic rings. The second kappa shape index (κ2) is 15.9. The van der Waals surface area contributed by atoms with E-state index >= 15 is 0 Å². The summed E-state index contributed by atoms with van der Waals surface area (Å²) in [6.07, 6.45) is 5.09. The van der Waals surface area contributed by atoms with Gasteiger partial charge in [0.25, 0.3) is 0 Å². The van der Waals surface area contributed by atoms with Crippen molar-refractivity contribution in [2.24, 2.45) is 10.8 Å². The Labute approximate surface area is 311 Å². The third-order valence-corrected chi connectivity index (χ3v) is 10.8. The third kappa shape index (κ3) is 9.30. The largest absolute Gasteiger partial charge is 0.493 e. The van der Waals surface area contributed by atoms with Crippen LogP contribution in [0.25, 0.3) is 10.9 Å². The lowest BCUT2D eigenvalue weighted by molar-refractivity contribution is -0.168. The number of nitrogens with one attached hydrogen (secondary N) is 2. The summed E-state index contributed by atoms with van der Waals surface area (Å²) in [6.45, 7) is 13.6. The molecule has 1 aliphatic rings. The first-order chi connectivity index (χ1) is 24.8. The van der Waals surface area contributed by atoms with Gasteiger partial charge in [-0.1, -0.05) is 41.5 Å². The molecule has 0 aliphatic carbocycles. The smallest absolute Gasteiger partial charge is 0.470 e. The number of ether oxygens (including phenoxy) is 2. The van der Waals surface area contributed by atoms with E-state index in [2.05, 4.69) is 30.5 Å². The van der Waals surface area contributed by atoms with Crippen LogP contribution in [0.15, 0.2) is 42.9 Å². The van der Waals surface area contributed by atoms with Crippen molar-refractivity contribution in [3.05, 3.63) is 59.4 Å². The van der Waals surface area contributed by atoms with Crippen molar-refractivity contribution in [1.82, 2.24) is 19.9 Å². The molecule has 5 rings (SSSR count). The Kier molecular flexibility index (Phi) is 12.1. The number of fused-ring (bicyclic) bond motifs is 1. The number of carbonyl (C=O) groups excluding carboxylic acids is 1. The molecule has 288 valence electrons. The van der Waals surface area contributed by atoms with E-state index in [0.717, 1.165) is 37.6 Å². The van der Waals surface area contributed by atoms with E-state index in [1.54, 1.807) is 12.1 Å². The minimum atomic E-state index is -4.82. The summed E-state index contributed by atoms with van der Waals surface area (Å²) >= 11 is 1.21. The first kappa shape index (κ1) is 40.4. The average Bonchev–Trinajstić information content (AvgIpc) is 3.71. The van der Waals surface area contributed by atoms with Crippen molar-refractivity contribution < 1.29 is 41.9 Å². The maximum absolute atomic E-state index is 14.0. The van der Waals surface area contributed by atoms with Gasteiger partial charge >= 0.3 is 7.82 Å². The average molecular weight is 777 g/mol. The summed E-state index contributed by atoms with van der Waals surface area (Å²) in [4.78, 5) is 48.6. The van der Waals surface area contributed by atoms with Crippen LogP contribution >= 0.6 is 19.2 Å². The molecule has 1 aliphatic heterocycles. The van der Waals surface area contributed by atoms with Gasteiger partial charge < -0.3 is 29.9 Å². The molecule has 4 N–H and O–H groups in total. The van der Waals surface area contributed by atoms with Gasteiger partial charge in [-0.25, -0.2) is 28.3 Å². The Balaban J connectivity index is 1.24. The van der Waals surface area contributed by atoms with Gasteiger partial charge in [0, 0.05) is 41.2 Å². The highest BCUT2D eigenvalue weighted by Crippen LogP contribution is 2.59. The summed E-state index contributed by atoms with van der Waals surface area (Å²) in [6, 6.07) is 6.15. The van der Waals surface area contributed by atoms with Gasteiger partial charge in [-0.05, 0) is 54.8 Å². The minimum Gasteiger partial charge on any atom is -0.493 e. The van der Waals surface area contributed by atoms with Crippen LogP contribution in [0.4, 0.5) is 25.4 Å². The second-order valence-electron chi connectivity index (χ2n) is 15.1. The Morgan fingerprint density at radius 2 is 1.79 bits per heavy atom. The number of amides is 1.